The SMILES string of the molecule is CC(N)c1nc(C(=O)Cc2ccc(C(F)(F)F)cc2)cs1. The molecule has 21 heavy (non-hydrogen) atoms. The summed E-state index contributed by atoms with van der Waals surface area (Å²) in [4.78, 5) is 16.1. The predicted molar refractivity (Wildman–Crippen MR) is 74.2 cm³/mol. The first kappa shape index (κ1) is 15.7. The number of nitrogens with two attached hydrogens (primary N) is 1. The van der Waals surface area contributed by atoms with Gasteiger partial charge in [0.1, 0.15) is 10.7 Å². The standard InChI is InChI=1S/C14H13F3N2OS/c1-8(18)13-19-11(7-21-13)12(20)6-9-2-4-10(5-3-9)14(15,16)17/h2-5,7-8H,6,18H2,1H3. The van der Waals surface area contributed by atoms with Gasteiger partial charge in [-0.05, 0) is 24.6 Å². The van der Waals surface area contributed by atoms with Gasteiger partial charge in [0.2, 0.25) is 0 Å². The van der Waals surface area contributed by atoms with Gasteiger partial charge < -0.3 is 5.73 Å². The number of ketones is 1. The molecule has 0 saturated carbocycles. The zero-order chi connectivity index (χ0) is 15.6. The summed E-state index contributed by atoms with van der Waals surface area (Å²) in [5, 5.41) is 2.27. The number of carbonyl (C=O) groups is 1. The van der Waals surface area contributed by atoms with Crippen LogP contribution in [0.4, 0.5) is 13.2 Å². The number of benzene rings is 1. The number of thiazole rings is 1. The summed E-state index contributed by atoms with van der Waals surface area (Å²) in [5.41, 5.74) is 5.75. The summed E-state index contributed by atoms with van der Waals surface area (Å²) in [6.07, 6.45) is -4.36. The molecule has 0 amide bonds. The molecule has 2 rings (SSSR count). The lowest BCUT2D eigenvalue weighted by molar-refractivity contribution is -0.137. The molecule has 7 heteroatoms. The smallest absolute Gasteiger partial charge is 0.322 e. The van der Waals surface area contributed by atoms with E-state index in [1.165, 1.54) is 23.5 Å². The molecule has 0 saturated heterocycles. The minimum absolute atomic E-state index is 0.0141. The molecule has 0 fully saturated rings. The van der Waals surface area contributed by atoms with E-state index in [-0.39, 0.29) is 18.2 Å². The second kappa shape index (κ2) is 5.95. The van der Waals surface area contributed by atoms with Crippen LogP contribution in [-0.2, 0) is 12.6 Å². The fourth-order valence-electron chi connectivity index (χ4n) is 1.71. The molecule has 0 aliphatic rings. The van der Waals surface area contributed by atoms with Gasteiger partial charge in [-0.1, -0.05) is 12.1 Å². The van der Waals surface area contributed by atoms with Crippen LogP contribution < -0.4 is 5.73 Å². The third-order valence-electron chi connectivity index (χ3n) is 2.84. The number of rotatable bonds is 4. The van der Waals surface area contributed by atoms with E-state index < -0.39 is 11.7 Å². The molecule has 2 aromatic rings. The molecule has 1 unspecified atom stereocenters. The van der Waals surface area contributed by atoms with Gasteiger partial charge in [0, 0.05) is 11.8 Å². The van der Waals surface area contributed by atoms with Crippen molar-refractivity contribution in [1.82, 2.24) is 4.98 Å². The quantitative estimate of drug-likeness (QED) is 0.877. The molecule has 1 atom stereocenters. The van der Waals surface area contributed by atoms with Crippen molar-refractivity contribution in [2.75, 3.05) is 0 Å². The minimum Gasteiger partial charge on any atom is -0.322 e. The predicted octanol–water partition coefficient (Wildman–Crippen LogP) is 3.61. The number of halogens is 3. The van der Waals surface area contributed by atoms with Crippen LogP contribution in [0, 0.1) is 0 Å². The van der Waals surface area contributed by atoms with Crippen molar-refractivity contribution in [1.29, 1.82) is 0 Å². The zero-order valence-electron chi connectivity index (χ0n) is 11.1. The maximum atomic E-state index is 12.4. The van der Waals surface area contributed by atoms with Gasteiger partial charge in [0.15, 0.2) is 5.78 Å². The van der Waals surface area contributed by atoms with E-state index >= 15 is 0 Å². The van der Waals surface area contributed by atoms with Crippen molar-refractivity contribution in [2.24, 2.45) is 5.73 Å². The van der Waals surface area contributed by atoms with Crippen molar-refractivity contribution in [3.8, 4) is 0 Å². The van der Waals surface area contributed by atoms with E-state index in [4.69, 9.17) is 5.73 Å². The molecule has 3 nitrogen and oxygen atoms in total. The summed E-state index contributed by atoms with van der Waals surface area (Å²) in [5.74, 6) is -0.238. The van der Waals surface area contributed by atoms with Crippen molar-refractivity contribution in [3.05, 3.63) is 51.5 Å². The molecule has 0 spiro atoms. The fourth-order valence-corrected chi connectivity index (χ4v) is 2.49. The maximum Gasteiger partial charge on any atom is 0.416 e. The van der Waals surface area contributed by atoms with Crippen molar-refractivity contribution in [3.63, 3.8) is 0 Å². The van der Waals surface area contributed by atoms with Gasteiger partial charge >= 0.3 is 6.18 Å². The van der Waals surface area contributed by atoms with Crippen LogP contribution in [0.25, 0.3) is 0 Å². The van der Waals surface area contributed by atoms with Crippen LogP contribution in [0.3, 0.4) is 0 Å². The Labute approximate surface area is 123 Å². The molecule has 112 valence electrons. The normalized spacial score (nSPS) is 13.2. The van der Waals surface area contributed by atoms with Gasteiger partial charge in [-0.15, -0.1) is 11.3 Å². The Bertz CT molecular complexity index is 632. The van der Waals surface area contributed by atoms with E-state index in [0.29, 0.717) is 16.3 Å². The third kappa shape index (κ3) is 3.89. The molecule has 2 N–H and O–H groups in total. The van der Waals surface area contributed by atoms with E-state index in [1.54, 1.807) is 12.3 Å². The molecule has 1 aromatic carbocycles. The molecule has 0 aliphatic carbocycles. The maximum absolute atomic E-state index is 12.4. The van der Waals surface area contributed by atoms with Crippen LogP contribution in [-0.4, -0.2) is 10.8 Å². The van der Waals surface area contributed by atoms with Gasteiger partial charge in [-0.2, -0.15) is 13.2 Å². The van der Waals surface area contributed by atoms with Crippen LogP contribution in [0.15, 0.2) is 29.6 Å². The van der Waals surface area contributed by atoms with Gasteiger partial charge in [-0.25, -0.2) is 4.98 Å². The summed E-state index contributed by atoms with van der Waals surface area (Å²) < 4.78 is 37.3. The first-order chi connectivity index (χ1) is 9.77. The third-order valence-corrected chi connectivity index (χ3v) is 3.89. The fraction of sp³-hybridized carbons (Fsp3) is 0.286. The minimum atomic E-state index is -4.37. The number of hydrogen-bond acceptors (Lipinski definition) is 4. The Morgan fingerprint density at radius 1 is 1.33 bits per heavy atom. The average molecular weight is 314 g/mol. The Morgan fingerprint density at radius 3 is 2.43 bits per heavy atom. The second-order valence-corrected chi connectivity index (χ2v) is 5.54. The van der Waals surface area contributed by atoms with Crippen molar-refractivity contribution < 1.29 is 18.0 Å². The molecule has 1 heterocycles. The zero-order valence-corrected chi connectivity index (χ0v) is 12.0. The van der Waals surface area contributed by atoms with Gasteiger partial charge in [0.25, 0.3) is 0 Å². The molecule has 0 radical (unpaired) electrons. The lowest BCUT2D eigenvalue weighted by Crippen LogP contribution is -2.08. The highest BCUT2D eigenvalue weighted by Gasteiger charge is 2.30. The van der Waals surface area contributed by atoms with Crippen LogP contribution in [0.1, 0.15) is 39.6 Å². The highest BCUT2D eigenvalue weighted by molar-refractivity contribution is 7.09. The lowest BCUT2D eigenvalue weighted by atomic mass is 10.1. The van der Waals surface area contributed by atoms with Gasteiger partial charge in [-0.3, -0.25) is 4.79 Å². The number of Topliss-reactive ketones (excluding diaryl/α,β-unsaturated/α-hetero) is 1. The number of hydrogen-bond donors (Lipinski definition) is 1. The Balaban J connectivity index is 2.08. The number of aromatic nitrogens is 1. The number of nitrogens with zero attached hydrogens (tertiary/aromatic N) is 1. The van der Waals surface area contributed by atoms with E-state index in [1.807, 2.05) is 0 Å². The highest BCUT2D eigenvalue weighted by atomic mass is 32.1. The first-order valence-electron chi connectivity index (χ1n) is 6.17. The summed E-state index contributed by atoms with van der Waals surface area (Å²) in [7, 11) is 0. The average Bonchev–Trinajstić information content (AvgIpc) is 2.88. The van der Waals surface area contributed by atoms with E-state index in [0.717, 1.165) is 12.1 Å². The van der Waals surface area contributed by atoms with E-state index in [2.05, 4.69) is 4.98 Å². The van der Waals surface area contributed by atoms with Crippen molar-refractivity contribution in [2.45, 2.75) is 25.6 Å². The first-order valence-corrected chi connectivity index (χ1v) is 7.05. The molecule has 1 aromatic heterocycles. The highest BCUT2D eigenvalue weighted by Crippen LogP contribution is 2.29. The number of carbonyl (C=O) groups excluding carboxylic acids is 1. The topological polar surface area (TPSA) is 56.0 Å². The summed E-state index contributed by atoms with van der Waals surface area (Å²) in [6, 6.07) is 4.30. The largest absolute Gasteiger partial charge is 0.416 e. The Kier molecular flexibility index (Phi) is 4.43. The number of alkyl halides is 3. The van der Waals surface area contributed by atoms with Crippen LogP contribution in [0.5, 0.6) is 0 Å². The summed E-state index contributed by atoms with van der Waals surface area (Å²) in [6.45, 7) is 1.77. The molecule has 0 bridgehead atoms. The lowest BCUT2D eigenvalue weighted by Gasteiger charge is -2.07. The van der Waals surface area contributed by atoms with E-state index in [9.17, 15) is 18.0 Å². The molecular formula is C14H13F3N2OS. The van der Waals surface area contributed by atoms with Crippen LogP contribution in [0.2, 0.25) is 0 Å². The Hall–Kier alpha value is -1.73. The van der Waals surface area contributed by atoms with Gasteiger partial charge in [0.05, 0.1) is 11.6 Å². The summed E-state index contributed by atoms with van der Waals surface area (Å²) >= 11 is 1.30. The Morgan fingerprint density at radius 2 is 1.95 bits per heavy atom. The molecular weight excluding hydrogens is 301 g/mol. The van der Waals surface area contributed by atoms with Crippen molar-refractivity contribution >= 4 is 17.1 Å². The molecule has 0 aliphatic heterocycles. The van der Waals surface area contributed by atoms with Crippen LogP contribution >= 0.6 is 11.3 Å². The monoisotopic (exact) mass is 314 g/mol. The second-order valence-electron chi connectivity index (χ2n) is 4.65.